The Balaban J connectivity index is 1.87. The van der Waals surface area contributed by atoms with E-state index in [9.17, 15) is 0 Å². The fraction of sp³-hybridized carbons (Fsp3) is 0.500. The van der Waals surface area contributed by atoms with Crippen molar-refractivity contribution in [2.45, 2.75) is 38.8 Å². The Morgan fingerprint density at radius 3 is 3.00 bits per heavy atom. The minimum atomic E-state index is -0.0723. The summed E-state index contributed by atoms with van der Waals surface area (Å²) in [6, 6.07) is 3.92. The second-order valence-electron chi connectivity index (χ2n) is 5.19. The Bertz CT molecular complexity index is 535. The first-order valence-corrected chi connectivity index (χ1v) is 6.38. The molecule has 18 heavy (non-hydrogen) atoms. The summed E-state index contributed by atoms with van der Waals surface area (Å²) >= 11 is 0. The molecule has 4 heteroatoms. The lowest BCUT2D eigenvalue weighted by atomic mass is 10.0. The minimum Gasteiger partial charge on any atom is -0.458 e. The Labute approximate surface area is 107 Å². The van der Waals surface area contributed by atoms with Crippen LogP contribution < -0.4 is 0 Å². The molecule has 2 aromatic heterocycles. The highest BCUT2D eigenvalue weighted by Gasteiger charge is 2.31. The molecule has 1 atom stereocenters. The van der Waals surface area contributed by atoms with E-state index in [-0.39, 0.29) is 5.60 Å². The van der Waals surface area contributed by atoms with Gasteiger partial charge in [0.2, 0.25) is 0 Å². The summed E-state index contributed by atoms with van der Waals surface area (Å²) < 4.78 is 13.6. The standard InChI is InChI=1S/C14H18N2O2/c1-11-4-5-12(18-11)13-15-7-8-16(13)10-14(2)6-3-9-17-14/h4-5,7-8H,3,6,9-10H2,1-2H3/t14-/m1/s1. The van der Waals surface area contributed by atoms with Crippen molar-refractivity contribution in [2.24, 2.45) is 0 Å². The van der Waals surface area contributed by atoms with Crippen molar-refractivity contribution in [3.05, 3.63) is 30.3 Å². The maximum absolute atomic E-state index is 5.83. The van der Waals surface area contributed by atoms with Gasteiger partial charge in [0.05, 0.1) is 12.1 Å². The van der Waals surface area contributed by atoms with Gasteiger partial charge in [0, 0.05) is 19.0 Å². The molecule has 0 N–H and O–H groups in total. The van der Waals surface area contributed by atoms with Gasteiger partial charge in [0.25, 0.3) is 0 Å². The van der Waals surface area contributed by atoms with Crippen molar-refractivity contribution in [1.29, 1.82) is 0 Å². The SMILES string of the molecule is Cc1ccc(-c2nccn2C[C@@]2(C)CCCO2)o1. The minimum absolute atomic E-state index is 0.0723. The molecule has 0 aliphatic carbocycles. The normalized spacial score (nSPS) is 23.7. The molecule has 3 rings (SSSR count). The quantitative estimate of drug-likeness (QED) is 0.835. The van der Waals surface area contributed by atoms with Gasteiger partial charge in [-0.05, 0) is 38.8 Å². The fourth-order valence-electron chi connectivity index (χ4n) is 2.54. The van der Waals surface area contributed by atoms with Crippen LogP contribution in [0.3, 0.4) is 0 Å². The molecule has 4 nitrogen and oxygen atoms in total. The van der Waals surface area contributed by atoms with E-state index in [0.29, 0.717) is 0 Å². The molecule has 0 radical (unpaired) electrons. The smallest absolute Gasteiger partial charge is 0.176 e. The first-order chi connectivity index (χ1) is 8.66. The predicted octanol–water partition coefficient (Wildman–Crippen LogP) is 3.02. The van der Waals surface area contributed by atoms with E-state index >= 15 is 0 Å². The summed E-state index contributed by atoms with van der Waals surface area (Å²) in [6.45, 7) is 5.79. The molecule has 96 valence electrons. The molecule has 1 aliphatic rings. The molecule has 3 heterocycles. The lowest BCUT2D eigenvalue weighted by Gasteiger charge is -2.24. The number of aromatic nitrogens is 2. The Hall–Kier alpha value is -1.55. The van der Waals surface area contributed by atoms with Crippen molar-refractivity contribution >= 4 is 0 Å². The highest BCUT2D eigenvalue weighted by atomic mass is 16.5. The summed E-state index contributed by atoms with van der Waals surface area (Å²) in [5, 5.41) is 0. The monoisotopic (exact) mass is 246 g/mol. The number of furan rings is 1. The van der Waals surface area contributed by atoms with Gasteiger partial charge in [-0.3, -0.25) is 0 Å². The number of nitrogens with zero attached hydrogens (tertiary/aromatic N) is 2. The van der Waals surface area contributed by atoms with Crippen LogP contribution >= 0.6 is 0 Å². The zero-order valence-corrected chi connectivity index (χ0v) is 10.8. The van der Waals surface area contributed by atoms with Gasteiger partial charge in [-0.2, -0.15) is 0 Å². The van der Waals surface area contributed by atoms with Crippen LogP contribution in [-0.2, 0) is 11.3 Å². The molecule has 0 spiro atoms. The van der Waals surface area contributed by atoms with Crippen LogP contribution in [0.5, 0.6) is 0 Å². The maximum Gasteiger partial charge on any atom is 0.176 e. The van der Waals surface area contributed by atoms with Crippen LogP contribution in [0.1, 0.15) is 25.5 Å². The summed E-state index contributed by atoms with van der Waals surface area (Å²) in [7, 11) is 0. The van der Waals surface area contributed by atoms with Crippen LogP contribution in [0.2, 0.25) is 0 Å². The molecule has 1 aliphatic heterocycles. The number of hydrogen-bond donors (Lipinski definition) is 0. The third-order valence-corrected chi connectivity index (χ3v) is 3.48. The number of imidazole rings is 1. The van der Waals surface area contributed by atoms with Gasteiger partial charge >= 0.3 is 0 Å². The summed E-state index contributed by atoms with van der Waals surface area (Å²) in [5.41, 5.74) is -0.0723. The topological polar surface area (TPSA) is 40.2 Å². The van der Waals surface area contributed by atoms with Gasteiger partial charge in [0.1, 0.15) is 5.76 Å². The molecule has 0 amide bonds. The molecule has 0 saturated carbocycles. The van der Waals surface area contributed by atoms with Gasteiger partial charge in [-0.25, -0.2) is 4.98 Å². The molecule has 0 unspecified atom stereocenters. The van der Waals surface area contributed by atoms with E-state index in [1.807, 2.05) is 31.5 Å². The lowest BCUT2D eigenvalue weighted by molar-refractivity contribution is 0.00651. The second-order valence-corrected chi connectivity index (χ2v) is 5.19. The predicted molar refractivity (Wildman–Crippen MR) is 68.3 cm³/mol. The van der Waals surface area contributed by atoms with E-state index in [1.165, 1.54) is 0 Å². The van der Waals surface area contributed by atoms with Crippen molar-refractivity contribution in [1.82, 2.24) is 9.55 Å². The highest BCUT2D eigenvalue weighted by Crippen LogP contribution is 2.29. The number of ether oxygens (including phenoxy) is 1. The van der Waals surface area contributed by atoms with Gasteiger partial charge in [0.15, 0.2) is 11.6 Å². The Morgan fingerprint density at radius 2 is 2.33 bits per heavy atom. The number of aryl methyl sites for hydroxylation is 1. The van der Waals surface area contributed by atoms with Crippen LogP contribution in [0.15, 0.2) is 28.9 Å². The van der Waals surface area contributed by atoms with Crippen molar-refractivity contribution in [3.63, 3.8) is 0 Å². The average molecular weight is 246 g/mol. The van der Waals surface area contributed by atoms with Crippen LogP contribution in [0.25, 0.3) is 11.6 Å². The average Bonchev–Trinajstić information content (AvgIpc) is 3.01. The summed E-state index contributed by atoms with van der Waals surface area (Å²) in [4.78, 5) is 4.39. The van der Waals surface area contributed by atoms with Crippen LogP contribution in [0, 0.1) is 6.92 Å². The zero-order valence-electron chi connectivity index (χ0n) is 10.8. The van der Waals surface area contributed by atoms with Crippen molar-refractivity contribution in [3.8, 4) is 11.6 Å². The van der Waals surface area contributed by atoms with Gasteiger partial charge in [-0.1, -0.05) is 0 Å². The molecular formula is C14H18N2O2. The molecule has 2 aromatic rings. The number of rotatable bonds is 3. The fourth-order valence-corrected chi connectivity index (χ4v) is 2.54. The molecule has 0 aromatic carbocycles. The van der Waals surface area contributed by atoms with E-state index in [0.717, 1.165) is 43.3 Å². The largest absolute Gasteiger partial charge is 0.458 e. The molecule has 1 fully saturated rings. The van der Waals surface area contributed by atoms with Gasteiger partial charge in [-0.15, -0.1) is 0 Å². The van der Waals surface area contributed by atoms with E-state index in [1.54, 1.807) is 0 Å². The van der Waals surface area contributed by atoms with Crippen molar-refractivity contribution in [2.75, 3.05) is 6.61 Å². The number of hydrogen-bond acceptors (Lipinski definition) is 3. The zero-order chi connectivity index (χ0) is 12.6. The Kier molecular flexibility index (Phi) is 2.74. The third kappa shape index (κ3) is 2.08. The maximum atomic E-state index is 5.83. The van der Waals surface area contributed by atoms with E-state index in [4.69, 9.17) is 9.15 Å². The van der Waals surface area contributed by atoms with Gasteiger partial charge < -0.3 is 13.7 Å². The first-order valence-electron chi connectivity index (χ1n) is 6.38. The Morgan fingerprint density at radius 1 is 1.44 bits per heavy atom. The lowest BCUT2D eigenvalue weighted by Crippen LogP contribution is -2.29. The van der Waals surface area contributed by atoms with Crippen LogP contribution in [0.4, 0.5) is 0 Å². The van der Waals surface area contributed by atoms with Crippen LogP contribution in [-0.4, -0.2) is 21.8 Å². The second kappa shape index (κ2) is 4.28. The summed E-state index contributed by atoms with van der Waals surface area (Å²) in [5.74, 6) is 2.60. The highest BCUT2D eigenvalue weighted by molar-refractivity contribution is 5.47. The molecule has 0 bridgehead atoms. The first kappa shape index (κ1) is 11.5. The third-order valence-electron chi connectivity index (χ3n) is 3.48. The molecular weight excluding hydrogens is 228 g/mol. The molecule has 1 saturated heterocycles. The summed E-state index contributed by atoms with van der Waals surface area (Å²) in [6.07, 6.45) is 6.04. The van der Waals surface area contributed by atoms with E-state index < -0.39 is 0 Å². The van der Waals surface area contributed by atoms with E-state index in [2.05, 4.69) is 16.5 Å². The van der Waals surface area contributed by atoms with Crippen molar-refractivity contribution < 1.29 is 9.15 Å².